The van der Waals surface area contributed by atoms with Crippen LogP contribution in [-0.4, -0.2) is 12.5 Å². The number of amides is 1. The Balaban J connectivity index is 1.69. The molecule has 1 aliphatic heterocycles. The first kappa shape index (κ1) is 15.5. The van der Waals surface area contributed by atoms with Crippen LogP contribution in [0.3, 0.4) is 0 Å². The molecule has 2 N–H and O–H groups in total. The zero-order valence-electron chi connectivity index (χ0n) is 14.0. The van der Waals surface area contributed by atoms with Crippen LogP contribution in [0.25, 0.3) is 0 Å². The van der Waals surface area contributed by atoms with E-state index in [4.69, 9.17) is 4.74 Å². The molecule has 2 atom stereocenters. The maximum Gasteiger partial charge on any atom is 0.256 e. The number of carbonyl (C=O) groups is 1. The van der Waals surface area contributed by atoms with Gasteiger partial charge in [0.1, 0.15) is 16.9 Å². The Morgan fingerprint density at radius 3 is 2.96 bits per heavy atom. The van der Waals surface area contributed by atoms with Crippen molar-refractivity contribution in [2.45, 2.75) is 39.3 Å². The van der Waals surface area contributed by atoms with Gasteiger partial charge in [-0.25, -0.2) is 0 Å². The number of hydrogen-bond acceptors (Lipinski definition) is 4. The zero-order chi connectivity index (χ0) is 16.7. The van der Waals surface area contributed by atoms with Gasteiger partial charge >= 0.3 is 0 Å². The fourth-order valence-electron chi connectivity index (χ4n) is 3.62. The Hall–Kier alpha value is -2.01. The van der Waals surface area contributed by atoms with Crippen molar-refractivity contribution < 1.29 is 9.53 Å². The predicted molar refractivity (Wildman–Crippen MR) is 96.9 cm³/mol. The SMILES string of the molecule is CCOc1ccccc1[C@@H]1NC(=O)c2c(sc3c2CC[C@H](C)C3)N1. The standard InChI is InChI=1S/C19H22N2O2S/c1-3-23-14-7-5-4-6-12(14)17-20-18(22)16-13-9-8-11(2)10-15(13)24-19(16)21-17/h4-7,11,17,21H,3,8-10H2,1-2H3,(H,20,22)/t11-,17+/m0/s1. The molecule has 1 amide bonds. The molecule has 2 aromatic rings. The summed E-state index contributed by atoms with van der Waals surface area (Å²) in [5.41, 5.74) is 3.10. The van der Waals surface area contributed by atoms with E-state index in [1.807, 2.05) is 31.2 Å². The molecule has 0 spiro atoms. The molecule has 0 radical (unpaired) electrons. The van der Waals surface area contributed by atoms with E-state index < -0.39 is 0 Å². The highest BCUT2D eigenvalue weighted by molar-refractivity contribution is 7.16. The number of para-hydroxylation sites is 1. The van der Waals surface area contributed by atoms with Crippen LogP contribution >= 0.6 is 11.3 Å². The molecule has 2 heterocycles. The van der Waals surface area contributed by atoms with Gasteiger partial charge in [0.05, 0.1) is 12.2 Å². The second kappa shape index (κ2) is 6.13. The van der Waals surface area contributed by atoms with Gasteiger partial charge in [-0.05, 0) is 43.7 Å². The Morgan fingerprint density at radius 1 is 1.29 bits per heavy atom. The van der Waals surface area contributed by atoms with Crippen molar-refractivity contribution >= 4 is 22.2 Å². The Morgan fingerprint density at radius 2 is 2.12 bits per heavy atom. The lowest BCUT2D eigenvalue weighted by Crippen LogP contribution is -2.38. The van der Waals surface area contributed by atoms with E-state index in [0.717, 1.165) is 34.7 Å². The molecule has 0 saturated carbocycles. The summed E-state index contributed by atoms with van der Waals surface area (Å²) in [6.07, 6.45) is 3.02. The Kier molecular flexibility index (Phi) is 3.96. The van der Waals surface area contributed by atoms with Crippen molar-refractivity contribution in [3.8, 4) is 5.75 Å². The van der Waals surface area contributed by atoms with E-state index in [1.165, 1.54) is 16.9 Å². The quantitative estimate of drug-likeness (QED) is 0.882. The second-order valence-corrected chi connectivity index (χ2v) is 7.68. The van der Waals surface area contributed by atoms with Crippen LogP contribution in [-0.2, 0) is 12.8 Å². The van der Waals surface area contributed by atoms with Gasteiger partial charge in [-0.3, -0.25) is 4.79 Å². The first-order valence-corrected chi connectivity index (χ1v) is 9.42. The van der Waals surface area contributed by atoms with Gasteiger partial charge in [-0.2, -0.15) is 0 Å². The normalized spacial score (nSPS) is 22.2. The first-order chi connectivity index (χ1) is 11.7. The summed E-state index contributed by atoms with van der Waals surface area (Å²) in [6.45, 7) is 4.86. The summed E-state index contributed by atoms with van der Waals surface area (Å²) >= 11 is 1.75. The van der Waals surface area contributed by atoms with Crippen molar-refractivity contribution in [3.63, 3.8) is 0 Å². The van der Waals surface area contributed by atoms with Gasteiger partial charge in [0.15, 0.2) is 0 Å². The van der Waals surface area contributed by atoms with Gasteiger partial charge in [0, 0.05) is 10.4 Å². The maximum absolute atomic E-state index is 12.8. The van der Waals surface area contributed by atoms with E-state index in [2.05, 4.69) is 17.6 Å². The lowest BCUT2D eigenvalue weighted by atomic mass is 9.88. The number of ether oxygens (including phenoxy) is 1. The van der Waals surface area contributed by atoms with E-state index in [1.54, 1.807) is 11.3 Å². The van der Waals surface area contributed by atoms with Crippen LogP contribution in [0.5, 0.6) is 5.75 Å². The van der Waals surface area contributed by atoms with E-state index in [9.17, 15) is 4.79 Å². The molecule has 2 aliphatic rings. The average Bonchev–Trinajstić information content (AvgIpc) is 2.93. The molecule has 4 rings (SSSR count). The molecule has 126 valence electrons. The Labute approximate surface area is 146 Å². The number of carbonyl (C=O) groups excluding carboxylic acids is 1. The van der Waals surface area contributed by atoms with Crippen LogP contribution in [0, 0.1) is 5.92 Å². The topological polar surface area (TPSA) is 50.4 Å². The van der Waals surface area contributed by atoms with Crippen molar-refractivity contribution in [3.05, 3.63) is 45.8 Å². The van der Waals surface area contributed by atoms with Crippen LogP contribution in [0.4, 0.5) is 5.00 Å². The number of benzene rings is 1. The minimum absolute atomic E-state index is 0.0344. The largest absolute Gasteiger partial charge is 0.493 e. The summed E-state index contributed by atoms with van der Waals surface area (Å²) in [4.78, 5) is 14.1. The Bertz CT molecular complexity index is 784. The third-order valence-electron chi connectivity index (χ3n) is 4.82. The molecule has 0 bridgehead atoms. The van der Waals surface area contributed by atoms with Gasteiger partial charge in [0.25, 0.3) is 5.91 Å². The summed E-state index contributed by atoms with van der Waals surface area (Å²) in [5, 5.41) is 7.64. The maximum atomic E-state index is 12.8. The molecule has 0 saturated heterocycles. The number of anilines is 1. The third kappa shape index (κ3) is 2.57. The third-order valence-corrected chi connectivity index (χ3v) is 6.01. The minimum atomic E-state index is -0.245. The summed E-state index contributed by atoms with van der Waals surface area (Å²) in [7, 11) is 0. The summed E-state index contributed by atoms with van der Waals surface area (Å²) < 4.78 is 5.72. The zero-order valence-corrected chi connectivity index (χ0v) is 14.8. The van der Waals surface area contributed by atoms with Gasteiger partial charge in [-0.1, -0.05) is 25.1 Å². The van der Waals surface area contributed by atoms with Crippen molar-refractivity contribution in [2.75, 3.05) is 11.9 Å². The first-order valence-electron chi connectivity index (χ1n) is 8.61. The molecule has 0 fully saturated rings. The fourth-order valence-corrected chi connectivity index (χ4v) is 5.06. The molecule has 1 aromatic heterocycles. The lowest BCUT2D eigenvalue weighted by molar-refractivity contribution is 0.0934. The van der Waals surface area contributed by atoms with E-state index in [-0.39, 0.29) is 12.1 Å². The summed E-state index contributed by atoms with van der Waals surface area (Å²) in [6, 6.07) is 7.88. The molecule has 1 aliphatic carbocycles. The second-order valence-electron chi connectivity index (χ2n) is 6.58. The number of rotatable bonds is 3. The highest BCUT2D eigenvalue weighted by atomic mass is 32.1. The van der Waals surface area contributed by atoms with Gasteiger partial charge in [-0.15, -0.1) is 11.3 Å². The fraction of sp³-hybridized carbons (Fsp3) is 0.421. The van der Waals surface area contributed by atoms with Crippen molar-refractivity contribution in [1.82, 2.24) is 5.32 Å². The smallest absolute Gasteiger partial charge is 0.256 e. The monoisotopic (exact) mass is 342 g/mol. The van der Waals surface area contributed by atoms with Gasteiger partial charge in [0.2, 0.25) is 0 Å². The highest BCUT2D eigenvalue weighted by Crippen LogP contribution is 2.43. The molecule has 4 nitrogen and oxygen atoms in total. The van der Waals surface area contributed by atoms with Crippen molar-refractivity contribution in [1.29, 1.82) is 0 Å². The number of thiophene rings is 1. The lowest BCUT2D eigenvalue weighted by Gasteiger charge is -2.28. The molecular weight excluding hydrogens is 320 g/mol. The molecule has 1 aromatic carbocycles. The van der Waals surface area contributed by atoms with E-state index >= 15 is 0 Å². The van der Waals surface area contributed by atoms with Crippen molar-refractivity contribution in [2.24, 2.45) is 5.92 Å². The van der Waals surface area contributed by atoms with Crippen LogP contribution < -0.4 is 15.4 Å². The highest BCUT2D eigenvalue weighted by Gasteiger charge is 2.33. The number of hydrogen-bond donors (Lipinski definition) is 2. The average molecular weight is 342 g/mol. The molecule has 5 heteroatoms. The molecule has 0 unspecified atom stereocenters. The summed E-state index contributed by atoms with van der Waals surface area (Å²) in [5.74, 6) is 1.55. The van der Waals surface area contributed by atoms with Crippen LogP contribution in [0.2, 0.25) is 0 Å². The molecular formula is C19H22N2O2S. The molecule has 24 heavy (non-hydrogen) atoms. The predicted octanol–water partition coefficient (Wildman–Crippen LogP) is 4.13. The van der Waals surface area contributed by atoms with Gasteiger partial charge < -0.3 is 15.4 Å². The number of nitrogens with one attached hydrogen (secondary N) is 2. The van der Waals surface area contributed by atoms with Crippen LogP contribution in [0.15, 0.2) is 24.3 Å². The minimum Gasteiger partial charge on any atom is -0.493 e. The van der Waals surface area contributed by atoms with Crippen LogP contribution in [0.1, 0.15) is 52.8 Å². The number of fused-ring (bicyclic) bond motifs is 3. The van der Waals surface area contributed by atoms with E-state index in [0.29, 0.717) is 12.5 Å².